The zero-order chi connectivity index (χ0) is 13.0. The summed E-state index contributed by atoms with van der Waals surface area (Å²) in [7, 11) is 0. The molecule has 1 heterocycles. The van der Waals surface area contributed by atoms with Crippen LogP contribution in [0.2, 0.25) is 0 Å². The molecule has 1 aromatic heterocycles. The van der Waals surface area contributed by atoms with Crippen LogP contribution in [0.1, 0.15) is 36.0 Å². The predicted molar refractivity (Wildman–Crippen MR) is 64.0 cm³/mol. The fraction of sp³-hybridized carbons (Fsp3) is 0.583. The number of nitrogens with one attached hydrogen (secondary N) is 2. The van der Waals surface area contributed by atoms with Gasteiger partial charge < -0.3 is 10.4 Å². The van der Waals surface area contributed by atoms with E-state index < -0.39 is 5.97 Å². The highest BCUT2D eigenvalue weighted by molar-refractivity contribution is 5.93. The van der Waals surface area contributed by atoms with Crippen molar-refractivity contribution >= 4 is 11.9 Å². The Morgan fingerprint density at radius 3 is 2.67 bits per heavy atom. The van der Waals surface area contributed by atoms with E-state index in [0.29, 0.717) is 30.9 Å². The number of aliphatic carboxylic acids is 1. The number of rotatable bonds is 4. The fourth-order valence-electron chi connectivity index (χ4n) is 2.33. The van der Waals surface area contributed by atoms with Crippen LogP contribution in [-0.2, 0) is 4.79 Å². The second-order valence-electron chi connectivity index (χ2n) is 4.75. The quantitative estimate of drug-likeness (QED) is 0.744. The Hall–Kier alpha value is -1.85. The van der Waals surface area contributed by atoms with Gasteiger partial charge in [0.25, 0.3) is 5.91 Å². The highest BCUT2D eigenvalue weighted by atomic mass is 16.4. The van der Waals surface area contributed by atoms with Gasteiger partial charge in [-0.3, -0.25) is 14.7 Å². The number of aromatic nitrogens is 2. The molecule has 1 aliphatic rings. The van der Waals surface area contributed by atoms with Gasteiger partial charge >= 0.3 is 5.97 Å². The average molecular weight is 251 g/mol. The first-order valence-electron chi connectivity index (χ1n) is 6.16. The molecule has 18 heavy (non-hydrogen) atoms. The van der Waals surface area contributed by atoms with Gasteiger partial charge in [0.05, 0.1) is 17.7 Å². The van der Waals surface area contributed by atoms with Crippen molar-refractivity contribution in [2.24, 2.45) is 11.8 Å². The van der Waals surface area contributed by atoms with Gasteiger partial charge in [-0.25, -0.2) is 0 Å². The van der Waals surface area contributed by atoms with Crippen molar-refractivity contribution in [3.63, 3.8) is 0 Å². The number of hydrogen-bond donors (Lipinski definition) is 3. The van der Waals surface area contributed by atoms with Crippen molar-refractivity contribution in [2.75, 3.05) is 6.54 Å². The molecule has 1 fully saturated rings. The van der Waals surface area contributed by atoms with Gasteiger partial charge in [0.1, 0.15) is 0 Å². The smallest absolute Gasteiger partial charge is 0.306 e. The summed E-state index contributed by atoms with van der Waals surface area (Å²) in [4.78, 5) is 22.5. The lowest BCUT2D eigenvalue weighted by Crippen LogP contribution is -2.32. The number of aromatic amines is 1. The highest BCUT2D eigenvalue weighted by Crippen LogP contribution is 2.28. The van der Waals surface area contributed by atoms with Crippen molar-refractivity contribution in [3.05, 3.63) is 18.0 Å². The predicted octanol–water partition coefficient (Wildman–Crippen LogP) is 1.03. The molecule has 6 nitrogen and oxygen atoms in total. The Bertz CT molecular complexity index is 408. The van der Waals surface area contributed by atoms with E-state index >= 15 is 0 Å². The molecule has 1 amide bonds. The molecule has 0 unspecified atom stereocenters. The number of carboxylic acid groups (broad SMARTS) is 1. The van der Waals surface area contributed by atoms with Crippen LogP contribution in [0, 0.1) is 11.8 Å². The van der Waals surface area contributed by atoms with Gasteiger partial charge in [-0.1, -0.05) is 0 Å². The number of carboxylic acids is 1. The third kappa shape index (κ3) is 3.09. The molecular weight excluding hydrogens is 234 g/mol. The van der Waals surface area contributed by atoms with Crippen molar-refractivity contribution < 1.29 is 14.7 Å². The Morgan fingerprint density at radius 1 is 1.39 bits per heavy atom. The minimum Gasteiger partial charge on any atom is -0.481 e. The molecule has 0 aliphatic heterocycles. The summed E-state index contributed by atoms with van der Waals surface area (Å²) in [5, 5.41) is 18.0. The van der Waals surface area contributed by atoms with Gasteiger partial charge in [0.15, 0.2) is 0 Å². The van der Waals surface area contributed by atoms with Crippen LogP contribution in [0.25, 0.3) is 0 Å². The lowest BCUT2D eigenvalue weighted by molar-refractivity contribution is -0.143. The van der Waals surface area contributed by atoms with Gasteiger partial charge in [0.2, 0.25) is 0 Å². The molecule has 0 saturated heterocycles. The van der Waals surface area contributed by atoms with E-state index in [1.165, 1.54) is 6.20 Å². The molecule has 0 spiro atoms. The summed E-state index contributed by atoms with van der Waals surface area (Å²) in [6.07, 6.45) is 6.18. The minimum atomic E-state index is -0.698. The number of hydrogen-bond acceptors (Lipinski definition) is 3. The first-order chi connectivity index (χ1) is 8.66. The molecule has 0 atom stereocenters. The van der Waals surface area contributed by atoms with Crippen molar-refractivity contribution in [3.8, 4) is 0 Å². The topological polar surface area (TPSA) is 95.1 Å². The van der Waals surface area contributed by atoms with Gasteiger partial charge in [0, 0.05) is 12.7 Å². The maximum absolute atomic E-state index is 11.7. The molecule has 1 saturated carbocycles. The Morgan fingerprint density at radius 2 is 2.11 bits per heavy atom. The van der Waals surface area contributed by atoms with E-state index in [2.05, 4.69) is 15.5 Å². The first kappa shape index (κ1) is 12.6. The standard InChI is InChI=1S/C12H17N3O3/c16-11(10-6-14-15-7-10)13-5-8-1-3-9(4-2-8)12(17)18/h6-9H,1-5H2,(H,13,16)(H,14,15)(H,17,18). The van der Waals surface area contributed by atoms with Crippen LogP contribution >= 0.6 is 0 Å². The molecule has 2 rings (SSSR count). The zero-order valence-electron chi connectivity index (χ0n) is 10.1. The maximum Gasteiger partial charge on any atom is 0.306 e. The number of carbonyl (C=O) groups excluding carboxylic acids is 1. The van der Waals surface area contributed by atoms with Crippen molar-refractivity contribution in [1.29, 1.82) is 0 Å². The number of carbonyl (C=O) groups is 2. The molecule has 0 bridgehead atoms. The molecule has 98 valence electrons. The Labute approximate surface area is 105 Å². The van der Waals surface area contributed by atoms with E-state index in [9.17, 15) is 9.59 Å². The Balaban J connectivity index is 1.72. The van der Waals surface area contributed by atoms with E-state index in [1.807, 2.05) is 0 Å². The lowest BCUT2D eigenvalue weighted by atomic mass is 9.82. The molecule has 1 aromatic rings. The SMILES string of the molecule is O=C(NCC1CCC(C(=O)O)CC1)c1cn[nH]c1. The summed E-state index contributed by atoms with van der Waals surface area (Å²) in [6, 6.07) is 0. The molecule has 6 heteroatoms. The van der Waals surface area contributed by atoms with Crippen LogP contribution in [0.4, 0.5) is 0 Å². The van der Waals surface area contributed by atoms with Crippen LogP contribution in [0.3, 0.4) is 0 Å². The van der Waals surface area contributed by atoms with E-state index in [-0.39, 0.29) is 11.8 Å². The summed E-state index contributed by atoms with van der Waals surface area (Å²) in [5.41, 5.74) is 0.522. The maximum atomic E-state index is 11.7. The van der Waals surface area contributed by atoms with E-state index in [1.54, 1.807) is 6.20 Å². The number of amides is 1. The van der Waals surface area contributed by atoms with Crippen LogP contribution in [0.15, 0.2) is 12.4 Å². The molecule has 0 radical (unpaired) electrons. The normalized spacial score (nSPS) is 23.6. The summed E-state index contributed by atoms with van der Waals surface area (Å²) in [5.74, 6) is -0.651. The van der Waals surface area contributed by atoms with Crippen molar-refractivity contribution in [1.82, 2.24) is 15.5 Å². The first-order valence-corrected chi connectivity index (χ1v) is 6.16. The Kier molecular flexibility index (Phi) is 3.96. The van der Waals surface area contributed by atoms with Gasteiger partial charge in [-0.2, -0.15) is 5.10 Å². The summed E-state index contributed by atoms with van der Waals surface area (Å²) in [6.45, 7) is 0.607. The van der Waals surface area contributed by atoms with Gasteiger partial charge in [-0.15, -0.1) is 0 Å². The molecule has 3 N–H and O–H groups in total. The van der Waals surface area contributed by atoms with Crippen LogP contribution in [0.5, 0.6) is 0 Å². The third-order valence-corrected chi connectivity index (χ3v) is 3.51. The van der Waals surface area contributed by atoms with Gasteiger partial charge in [-0.05, 0) is 31.6 Å². The monoisotopic (exact) mass is 251 g/mol. The zero-order valence-corrected chi connectivity index (χ0v) is 10.1. The van der Waals surface area contributed by atoms with Crippen LogP contribution < -0.4 is 5.32 Å². The number of nitrogens with zero attached hydrogens (tertiary/aromatic N) is 1. The second-order valence-corrected chi connectivity index (χ2v) is 4.75. The highest BCUT2D eigenvalue weighted by Gasteiger charge is 2.26. The van der Waals surface area contributed by atoms with E-state index in [0.717, 1.165) is 12.8 Å². The minimum absolute atomic E-state index is 0.135. The van der Waals surface area contributed by atoms with Crippen molar-refractivity contribution in [2.45, 2.75) is 25.7 Å². The molecular formula is C12H17N3O3. The third-order valence-electron chi connectivity index (χ3n) is 3.51. The molecule has 1 aliphatic carbocycles. The number of H-pyrrole nitrogens is 1. The van der Waals surface area contributed by atoms with Crippen LogP contribution in [-0.4, -0.2) is 33.7 Å². The largest absolute Gasteiger partial charge is 0.481 e. The second kappa shape index (κ2) is 5.66. The average Bonchev–Trinajstić information content (AvgIpc) is 2.90. The summed E-state index contributed by atoms with van der Waals surface area (Å²) >= 11 is 0. The molecule has 0 aromatic carbocycles. The van der Waals surface area contributed by atoms with E-state index in [4.69, 9.17) is 5.11 Å². The fourth-order valence-corrected chi connectivity index (χ4v) is 2.33. The summed E-state index contributed by atoms with van der Waals surface area (Å²) < 4.78 is 0. The lowest BCUT2D eigenvalue weighted by Gasteiger charge is -2.26.